The van der Waals surface area contributed by atoms with E-state index in [1.54, 1.807) is 10.4 Å². The fourth-order valence-electron chi connectivity index (χ4n) is 3.51. The first kappa shape index (κ1) is 14.8. The molecule has 1 atom stereocenters. The van der Waals surface area contributed by atoms with Crippen LogP contribution in [-0.4, -0.2) is 18.8 Å². The highest BCUT2D eigenvalue weighted by Gasteiger charge is 2.45. The lowest BCUT2D eigenvalue weighted by Gasteiger charge is -2.29. The van der Waals surface area contributed by atoms with Crippen molar-refractivity contribution < 1.29 is 12.8 Å². The maximum Gasteiger partial charge on any atom is 0.246 e. The lowest BCUT2D eigenvalue weighted by molar-refractivity contribution is 0.313. The molecular formula is C18H18FNO2S. The van der Waals surface area contributed by atoms with Crippen molar-refractivity contribution in [2.75, 3.05) is 0 Å². The molecule has 23 heavy (non-hydrogen) atoms. The Morgan fingerprint density at radius 2 is 1.65 bits per heavy atom. The molecule has 4 rings (SSSR count). The predicted molar refractivity (Wildman–Crippen MR) is 86.0 cm³/mol. The third-order valence-electron chi connectivity index (χ3n) is 4.71. The van der Waals surface area contributed by atoms with E-state index in [1.807, 2.05) is 18.2 Å². The van der Waals surface area contributed by atoms with Crippen LogP contribution in [0.25, 0.3) is 0 Å². The maximum atomic E-state index is 14.1. The van der Waals surface area contributed by atoms with Crippen molar-refractivity contribution in [1.29, 1.82) is 0 Å². The van der Waals surface area contributed by atoms with E-state index < -0.39 is 15.8 Å². The third-order valence-corrected chi connectivity index (χ3v) is 6.70. The minimum absolute atomic E-state index is 0.00392. The van der Waals surface area contributed by atoms with Crippen molar-refractivity contribution in [2.45, 2.75) is 42.7 Å². The number of hydrogen-bond acceptors (Lipinski definition) is 2. The lowest BCUT2D eigenvalue weighted by atomic mass is 10.1. The third kappa shape index (κ3) is 2.48. The SMILES string of the molecule is O=S(=O)(c1ccccc1F)N(C1CC1)C1CCc2ccccc21. The van der Waals surface area contributed by atoms with Crippen LogP contribution in [0.1, 0.15) is 36.4 Å². The fraction of sp³-hybridized carbons (Fsp3) is 0.333. The topological polar surface area (TPSA) is 37.4 Å². The zero-order chi connectivity index (χ0) is 16.0. The van der Waals surface area contributed by atoms with Crippen LogP contribution in [0.4, 0.5) is 4.39 Å². The molecule has 0 spiro atoms. The number of sulfonamides is 1. The summed E-state index contributed by atoms with van der Waals surface area (Å²) in [5.74, 6) is -0.676. The van der Waals surface area contributed by atoms with Crippen LogP contribution in [0.5, 0.6) is 0 Å². The van der Waals surface area contributed by atoms with Gasteiger partial charge in [0.25, 0.3) is 0 Å². The van der Waals surface area contributed by atoms with Crippen LogP contribution in [0.3, 0.4) is 0 Å². The Morgan fingerprint density at radius 3 is 2.39 bits per heavy atom. The van der Waals surface area contributed by atoms with Gasteiger partial charge in [0.2, 0.25) is 10.0 Å². The Balaban J connectivity index is 1.80. The Kier molecular flexibility index (Phi) is 3.50. The van der Waals surface area contributed by atoms with Crippen LogP contribution in [-0.2, 0) is 16.4 Å². The second-order valence-electron chi connectivity index (χ2n) is 6.25. The standard InChI is InChI=1S/C18H18FNO2S/c19-16-7-3-4-8-18(16)23(21,22)20(14-10-11-14)17-12-9-13-5-1-2-6-15(13)17/h1-8,14,17H,9-12H2. The van der Waals surface area contributed by atoms with E-state index in [-0.39, 0.29) is 17.0 Å². The number of nitrogens with zero attached hydrogens (tertiary/aromatic N) is 1. The molecule has 0 bridgehead atoms. The minimum atomic E-state index is -3.84. The van der Waals surface area contributed by atoms with E-state index in [9.17, 15) is 12.8 Å². The molecule has 2 aliphatic rings. The van der Waals surface area contributed by atoms with E-state index in [4.69, 9.17) is 0 Å². The van der Waals surface area contributed by atoms with E-state index in [2.05, 4.69) is 6.07 Å². The molecule has 1 unspecified atom stereocenters. The van der Waals surface area contributed by atoms with Gasteiger partial charge in [0.1, 0.15) is 10.7 Å². The molecule has 3 nitrogen and oxygen atoms in total. The normalized spacial score (nSPS) is 20.7. The molecule has 1 saturated carbocycles. The van der Waals surface area contributed by atoms with Crippen LogP contribution in [0.15, 0.2) is 53.4 Å². The maximum absolute atomic E-state index is 14.1. The Labute approximate surface area is 135 Å². The summed E-state index contributed by atoms with van der Waals surface area (Å²) in [6.07, 6.45) is 3.35. The van der Waals surface area contributed by atoms with Gasteiger partial charge in [0, 0.05) is 6.04 Å². The highest BCUT2D eigenvalue weighted by molar-refractivity contribution is 7.89. The van der Waals surface area contributed by atoms with Gasteiger partial charge in [-0.2, -0.15) is 4.31 Å². The first-order valence-electron chi connectivity index (χ1n) is 7.95. The smallest absolute Gasteiger partial charge is 0.207 e. The first-order chi connectivity index (χ1) is 11.1. The summed E-state index contributed by atoms with van der Waals surface area (Å²) < 4.78 is 41.9. The van der Waals surface area contributed by atoms with Crippen molar-refractivity contribution in [3.8, 4) is 0 Å². The molecule has 1 fully saturated rings. The number of halogens is 1. The molecule has 2 aliphatic carbocycles. The summed E-state index contributed by atoms with van der Waals surface area (Å²) in [6, 6.07) is 13.5. The van der Waals surface area contributed by atoms with Gasteiger partial charge in [-0.1, -0.05) is 36.4 Å². The summed E-state index contributed by atoms with van der Waals surface area (Å²) in [6.45, 7) is 0. The van der Waals surface area contributed by atoms with Gasteiger partial charge < -0.3 is 0 Å². The van der Waals surface area contributed by atoms with Gasteiger partial charge in [0.05, 0.1) is 6.04 Å². The largest absolute Gasteiger partial charge is 0.246 e. The number of aryl methyl sites for hydroxylation is 1. The molecular weight excluding hydrogens is 313 g/mol. The van der Waals surface area contributed by atoms with Crippen molar-refractivity contribution in [1.82, 2.24) is 4.31 Å². The zero-order valence-corrected chi connectivity index (χ0v) is 13.5. The predicted octanol–water partition coefficient (Wildman–Crippen LogP) is 3.67. The van der Waals surface area contributed by atoms with E-state index in [0.717, 1.165) is 31.2 Å². The van der Waals surface area contributed by atoms with Crippen LogP contribution in [0.2, 0.25) is 0 Å². The van der Waals surface area contributed by atoms with E-state index >= 15 is 0 Å². The van der Waals surface area contributed by atoms with Crippen molar-refractivity contribution in [2.24, 2.45) is 0 Å². The molecule has 5 heteroatoms. The average molecular weight is 331 g/mol. The van der Waals surface area contributed by atoms with E-state index in [1.165, 1.54) is 23.8 Å². The quantitative estimate of drug-likeness (QED) is 0.857. The van der Waals surface area contributed by atoms with E-state index in [0.29, 0.717) is 0 Å². The molecule has 0 aromatic heterocycles. The second-order valence-corrected chi connectivity index (χ2v) is 8.06. The summed E-state index contributed by atoms with van der Waals surface area (Å²) >= 11 is 0. The minimum Gasteiger partial charge on any atom is -0.207 e. The van der Waals surface area contributed by atoms with Gasteiger partial charge in [-0.15, -0.1) is 0 Å². The van der Waals surface area contributed by atoms with Gasteiger partial charge in [-0.05, 0) is 48.9 Å². The second kappa shape index (κ2) is 5.42. The average Bonchev–Trinajstić information content (AvgIpc) is 3.28. The molecule has 120 valence electrons. The summed E-state index contributed by atoms with van der Waals surface area (Å²) in [5, 5.41) is 0. The monoisotopic (exact) mass is 331 g/mol. The highest BCUT2D eigenvalue weighted by atomic mass is 32.2. The molecule has 0 radical (unpaired) electrons. The lowest BCUT2D eigenvalue weighted by Crippen LogP contribution is -2.36. The van der Waals surface area contributed by atoms with Crippen molar-refractivity contribution >= 4 is 10.0 Å². The molecule has 0 heterocycles. The highest BCUT2D eigenvalue weighted by Crippen LogP contribution is 2.45. The molecule has 0 amide bonds. The number of hydrogen-bond donors (Lipinski definition) is 0. The summed E-state index contributed by atoms with van der Waals surface area (Å²) in [5.41, 5.74) is 2.27. The van der Waals surface area contributed by atoms with Crippen LogP contribution >= 0.6 is 0 Å². The zero-order valence-electron chi connectivity index (χ0n) is 12.7. The number of benzene rings is 2. The van der Waals surface area contributed by atoms with Gasteiger partial charge >= 0.3 is 0 Å². The molecule has 2 aromatic carbocycles. The Morgan fingerprint density at radius 1 is 0.957 bits per heavy atom. The molecule has 2 aromatic rings. The van der Waals surface area contributed by atoms with Crippen LogP contribution in [0, 0.1) is 5.82 Å². The van der Waals surface area contributed by atoms with Gasteiger partial charge in [-0.3, -0.25) is 0 Å². The Bertz CT molecular complexity index is 846. The summed E-state index contributed by atoms with van der Waals surface area (Å²) in [7, 11) is -3.84. The molecule has 0 N–H and O–H groups in total. The van der Waals surface area contributed by atoms with Crippen LogP contribution < -0.4 is 0 Å². The van der Waals surface area contributed by atoms with Gasteiger partial charge in [0.15, 0.2) is 0 Å². The summed E-state index contributed by atoms with van der Waals surface area (Å²) in [4.78, 5) is -0.212. The fourth-order valence-corrected chi connectivity index (χ4v) is 5.46. The van der Waals surface area contributed by atoms with Crippen molar-refractivity contribution in [3.63, 3.8) is 0 Å². The number of fused-ring (bicyclic) bond motifs is 1. The Hall–Kier alpha value is -1.72. The number of rotatable bonds is 4. The first-order valence-corrected chi connectivity index (χ1v) is 9.39. The van der Waals surface area contributed by atoms with Crippen molar-refractivity contribution in [3.05, 3.63) is 65.5 Å². The van der Waals surface area contributed by atoms with Gasteiger partial charge in [-0.25, -0.2) is 12.8 Å². The molecule has 0 saturated heterocycles. The molecule has 0 aliphatic heterocycles.